The minimum atomic E-state index is -0.0128. The number of halogens is 1. The van der Waals surface area contributed by atoms with Gasteiger partial charge in [-0.3, -0.25) is 4.79 Å². The predicted octanol–water partition coefficient (Wildman–Crippen LogP) is 5.73. The van der Waals surface area contributed by atoms with Crippen molar-refractivity contribution in [2.75, 3.05) is 0 Å². The highest BCUT2D eigenvalue weighted by Gasteiger charge is 2.31. The molecule has 3 heteroatoms. The molecule has 0 aliphatic heterocycles. The van der Waals surface area contributed by atoms with Crippen molar-refractivity contribution < 1.29 is 0 Å². The van der Waals surface area contributed by atoms with E-state index in [4.69, 9.17) is 11.6 Å². The molecule has 1 aliphatic carbocycles. The molecule has 1 saturated carbocycles. The van der Waals surface area contributed by atoms with E-state index in [-0.39, 0.29) is 5.56 Å². The molecular formula is C22H28ClNO. The van der Waals surface area contributed by atoms with Gasteiger partial charge in [0.2, 0.25) is 0 Å². The Bertz CT molecular complexity index is 780. The molecule has 1 heterocycles. The summed E-state index contributed by atoms with van der Waals surface area (Å²) in [5.41, 5.74) is 2.58. The van der Waals surface area contributed by atoms with Crippen molar-refractivity contribution in [2.45, 2.75) is 52.5 Å². The summed E-state index contributed by atoms with van der Waals surface area (Å²) in [6, 6.07) is 12.0. The lowest BCUT2D eigenvalue weighted by atomic mass is 9.67. The second-order valence-electron chi connectivity index (χ2n) is 7.99. The van der Waals surface area contributed by atoms with Crippen LogP contribution in [0.3, 0.4) is 0 Å². The molecule has 1 fully saturated rings. The maximum Gasteiger partial charge on any atom is 0.250 e. The summed E-state index contributed by atoms with van der Waals surface area (Å²) < 4.78 is 1.69. The molecule has 0 unspecified atom stereocenters. The summed E-state index contributed by atoms with van der Waals surface area (Å²) in [4.78, 5) is 12.1. The van der Waals surface area contributed by atoms with E-state index < -0.39 is 0 Å². The molecule has 3 rings (SSSR count). The van der Waals surface area contributed by atoms with E-state index in [2.05, 4.69) is 45.0 Å². The molecule has 0 spiro atoms. The first-order chi connectivity index (χ1) is 11.9. The van der Waals surface area contributed by atoms with Gasteiger partial charge in [-0.2, -0.15) is 0 Å². The average molecular weight is 358 g/mol. The number of hydrogen-bond acceptors (Lipinski definition) is 1. The molecule has 0 amide bonds. The highest BCUT2D eigenvalue weighted by molar-refractivity contribution is 6.30. The SMILES string of the molecule is CC(C)[C@@H]1CC[C@@H](C)C[C@H]1c1cccc(Cn2cc(Cl)ccc2=O)c1. The van der Waals surface area contributed by atoms with Crippen molar-refractivity contribution in [1.82, 2.24) is 4.57 Å². The van der Waals surface area contributed by atoms with Crippen molar-refractivity contribution in [3.63, 3.8) is 0 Å². The Balaban J connectivity index is 1.87. The van der Waals surface area contributed by atoms with Gasteiger partial charge in [0.1, 0.15) is 0 Å². The Kier molecular flexibility index (Phi) is 5.68. The number of aromatic nitrogens is 1. The number of hydrogen-bond donors (Lipinski definition) is 0. The van der Waals surface area contributed by atoms with E-state index in [0.717, 1.165) is 11.8 Å². The van der Waals surface area contributed by atoms with Gasteiger partial charge in [0.25, 0.3) is 5.56 Å². The third kappa shape index (κ3) is 4.36. The largest absolute Gasteiger partial charge is 0.310 e. The lowest BCUT2D eigenvalue weighted by Gasteiger charge is -2.38. The fourth-order valence-electron chi connectivity index (χ4n) is 4.33. The molecule has 2 aromatic rings. The third-order valence-corrected chi connectivity index (χ3v) is 5.93. The fraction of sp³-hybridized carbons (Fsp3) is 0.500. The van der Waals surface area contributed by atoms with Gasteiger partial charge in [-0.05, 0) is 53.7 Å². The molecule has 0 saturated heterocycles. The van der Waals surface area contributed by atoms with E-state index in [0.29, 0.717) is 23.4 Å². The highest BCUT2D eigenvalue weighted by atomic mass is 35.5. The number of pyridine rings is 1. The van der Waals surface area contributed by atoms with Crippen LogP contribution in [0.2, 0.25) is 5.02 Å². The standard InChI is InChI=1S/C22H28ClNO/c1-15(2)20-9-7-16(3)11-21(20)18-6-4-5-17(12-18)13-24-14-19(23)8-10-22(24)25/h4-6,8,10,12,14-16,20-21H,7,9,11,13H2,1-3H3/t16-,20+,21+/m1/s1. The molecular weight excluding hydrogens is 330 g/mol. The van der Waals surface area contributed by atoms with Gasteiger partial charge in [-0.25, -0.2) is 0 Å². The average Bonchev–Trinajstić information content (AvgIpc) is 2.58. The van der Waals surface area contributed by atoms with Crippen molar-refractivity contribution in [3.8, 4) is 0 Å². The molecule has 1 aliphatic rings. The maximum absolute atomic E-state index is 12.1. The van der Waals surface area contributed by atoms with Gasteiger partial charge in [0.05, 0.1) is 11.6 Å². The first-order valence-corrected chi connectivity index (χ1v) is 9.76. The van der Waals surface area contributed by atoms with Crippen molar-refractivity contribution >= 4 is 11.6 Å². The van der Waals surface area contributed by atoms with E-state index in [1.807, 2.05) is 0 Å². The summed E-state index contributed by atoms with van der Waals surface area (Å²) in [5, 5.41) is 0.594. The van der Waals surface area contributed by atoms with Crippen LogP contribution in [0.25, 0.3) is 0 Å². The minimum Gasteiger partial charge on any atom is -0.310 e. The molecule has 2 nitrogen and oxygen atoms in total. The first-order valence-electron chi connectivity index (χ1n) is 9.39. The second kappa shape index (κ2) is 7.78. The number of nitrogens with zero attached hydrogens (tertiary/aromatic N) is 1. The zero-order chi connectivity index (χ0) is 18.0. The van der Waals surface area contributed by atoms with Crippen LogP contribution in [0.15, 0.2) is 47.4 Å². The second-order valence-corrected chi connectivity index (χ2v) is 8.43. The van der Waals surface area contributed by atoms with E-state index in [1.165, 1.54) is 36.5 Å². The lowest BCUT2D eigenvalue weighted by Crippen LogP contribution is -2.26. The number of rotatable bonds is 4. The Hall–Kier alpha value is -1.54. The lowest BCUT2D eigenvalue weighted by molar-refractivity contribution is 0.197. The summed E-state index contributed by atoms with van der Waals surface area (Å²) in [6.07, 6.45) is 5.65. The molecule has 0 bridgehead atoms. The zero-order valence-corrected chi connectivity index (χ0v) is 16.2. The van der Waals surface area contributed by atoms with Gasteiger partial charge in [0.15, 0.2) is 0 Å². The Morgan fingerprint density at radius 3 is 2.76 bits per heavy atom. The minimum absolute atomic E-state index is 0.0128. The van der Waals surface area contributed by atoms with Crippen LogP contribution in [-0.4, -0.2) is 4.57 Å². The molecule has 0 N–H and O–H groups in total. The zero-order valence-electron chi connectivity index (χ0n) is 15.4. The highest BCUT2D eigenvalue weighted by Crippen LogP contribution is 2.44. The quantitative estimate of drug-likeness (QED) is 0.685. The Morgan fingerprint density at radius 1 is 1.20 bits per heavy atom. The number of benzene rings is 1. The molecule has 1 aromatic heterocycles. The van der Waals surface area contributed by atoms with Crippen LogP contribution in [0.4, 0.5) is 0 Å². The van der Waals surface area contributed by atoms with Gasteiger partial charge in [-0.15, -0.1) is 0 Å². The predicted molar refractivity (Wildman–Crippen MR) is 105 cm³/mol. The van der Waals surface area contributed by atoms with E-state index in [1.54, 1.807) is 16.8 Å². The topological polar surface area (TPSA) is 22.0 Å². The van der Waals surface area contributed by atoms with Crippen LogP contribution in [0.5, 0.6) is 0 Å². The molecule has 134 valence electrons. The van der Waals surface area contributed by atoms with Crippen molar-refractivity contribution in [1.29, 1.82) is 0 Å². The summed E-state index contributed by atoms with van der Waals surface area (Å²) >= 11 is 6.05. The van der Waals surface area contributed by atoms with E-state index >= 15 is 0 Å². The Labute approximate surface area is 155 Å². The van der Waals surface area contributed by atoms with Crippen molar-refractivity contribution in [2.24, 2.45) is 17.8 Å². The van der Waals surface area contributed by atoms with Gasteiger partial charge >= 0.3 is 0 Å². The van der Waals surface area contributed by atoms with Crippen LogP contribution >= 0.6 is 11.6 Å². The molecule has 0 radical (unpaired) electrons. The molecule has 25 heavy (non-hydrogen) atoms. The normalized spacial score (nSPS) is 23.8. The van der Waals surface area contributed by atoms with Crippen LogP contribution in [-0.2, 0) is 6.54 Å². The van der Waals surface area contributed by atoms with Gasteiger partial charge in [-0.1, -0.05) is 63.1 Å². The van der Waals surface area contributed by atoms with Crippen LogP contribution in [0, 0.1) is 17.8 Å². The first kappa shape index (κ1) is 18.3. The monoisotopic (exact) mass is 357 g/mol. The third-order valence-electron chi connectivity index (χ3n) is 5.70. The summed E-state index contributed by atoms with van der Waals surface area (Å²) in [5.74, 6) is 2.87. The summed E-state index contributed by atoms with van der Waals surface area (Å²) in [6.45, 7) is 7.65. The smallest absolute Gasteiger partial charge is 0.250 e. The van der Waals surface area contributed by atoms with Crippen LogP contribution < -0.4 is 5.56 Å². The Morgan fingerprint density at radius 2 is 2.00 bits per heavy atom. The fourth-order valence-corrected chi connectivity index (χ4v) is 4.51. The van der Waals surface area contributed by atoms with Gasteiger partial charge < -0.3 is 4.57 Å². The molecule has 3 atom stereocenters. The van der Waals surface area contributed by atoms with E-state index in [9.17, 15) is 4.79 Å². The maximum atomic E-state index is 12.1. The van der Waals surface area contributed by atoms with Gasteiger partial charge in [0, 0.05) is 12.3 Å². The summed E-state index contributed by atoms with van der Waals surface area (Å²) in [7, 11) is 0. The molecule has 1 aromatic carbocycles. The van der Waals surface area contributed by atoms with Crippen molar-refractivity contribution in [3.05, 3.63) is 69.1 Å². The van der Waals surface area contributed by atoms with Crippen LogP contribution in [0.1, 0.15) is 57.1 Å².